The molecule has 1 fully saturated rings. The third-order valence-electron chi connectivity index (χ3n) is 5.88. The number of likely N-dealkylation sites (N-methyl/N-ethyl adjacent to an activating group) is 2. The number of hydrogen-bond donors (Lipinski definition) is 2. The Labute approximate surface area is 171 Å². The summed E-state index contributed by atoms with van der Waals surface area (Å²) >= 11 is 0. The Balaban J connectivity index is 1.94. The maximum Gasteiger partial charge on any atom is 0.0697 e. The van der Waals surface area contributed by atoms with Crippen LogP contribution in [0.5, 0.6) is 0 Å². The summed E-state index contributed by atoms with van der Waals surface area (Å²) in [6.45, 7) is 10.7. The van der Waals surface area contributed by atoms with Crippen LogP contribution in [0.15, 0.2) is 6.20 Å². The molecule has 0 spiro atoms. The maximum atomic E-state index is 5.98. The molecule has 0 saturated heterocycles. The van der Waals surface area contributed by atoms with Crippen molar-refractivity contribution in [3.8, 4) is 0 Å². The maximum absolute atomic E-state index is 5.98. The molecule has 1 aromatic rings. The van der Waals surface area contributed by atoms with Crippen LogP contribution in [0.2, 0.25) is 0 Å². The van der Waals surface area contributed by atoms with Gasteiger partial charge >= 0.3 is 0 Å². The second-order valence-electron chi connectivity index (χ2n) is 8.52. The van der Waals surface area contributed by atoms with Crippen molar-refractivity contribution in [3.05, 3.63) is 17.5 Å². The van der Waals surface area contributed by atoms with Crippen LogP contribution in [0.1, 0.15) is 69.5 Å². The molecule has 0 unspecified atom stereocenters. The molecular weight excluding hydrogens is 352 g/mol. The van der Waals surface area contributed by atoms with E-state index in [1.165, 1.54) is 24.1 Å². The molecule has 6 heteroatoms. The van der Waals surface area contributed by atoms with Gasteiger partial charge in [0.1, 0.15) is 0 Å². The van der Waals surface area contributed by atoms with Crippen LogP contribution in [0.4, 0.5) is 0 Å². The molecule has 1 aromatic heterocycles. The highest BCUT2D eigenvalue weighted by Gasteiger charge is 2.37. The molecule has 0 bridgehead atoms. The van der Waals surface area contributed by atoms with Crippen molar-refractivity contribution in [1.29, 1.82) is 0 Å². The Hall–Kier alpha value is -0.950. The molecule has 0 amide bonds. The smallest absolute Gasteiger partial charge is 0.0697 e. The van der Waals surface area contributed by atoms with Crippen molar-refractivity contribution >= 4 is 0 Å². The van der Waals surface area contributed by atoms with Gasteiger partial charge in [-0.3, -0.25) is 5.10 Å². The largest absolute Gasteiger partial charge is 0.381 e. The lowest BCUT2D eigenvalue weighted by Gasteiger charge is -2.39. The van der Waals surface area contributed by atoms with E-state index in [9.17, 15) is 0 Å². The Morgan fingerprint density at radius 1 is 1.18 bits per heavy atom. The van der Waals surface area contributed by atoms with Gasteiger partial charge in [0.05, 0.1) is 18.9 Å². The first kappa shape index (κ1) is 23.3. The monoisotopic (exact) mass is 394 g/mol. The van der Waals surface area contributed by atoms with Crippen molar-refractivity contribution in [3.63, 3.8) is 0 Å². The summed E-state index contributed by atoms with van der Waals surface area (Å²) in [7, 11) is 4.18. The minimum absolute atomic E-state index is 0.181. The molecule has 2 rings (SSSR count). The van der Waals surface area contributed by atoms with Gasteiger partial charge in [-0.1, -0.05) is 13.8 Å². The van der Waals surface area contributed by atoms with Gasteiger partial charge in [0.25, 0.3) is 0 Å². The summed E-state index contributed by atoms with van der Waals surface area (Å²) in [5, 5.41) is 11.0. The quantitative estimate of drug-likeness (QED) is 0.473. The molecule has 1 heterocycles. The van der Waals surface area contributed by atoms with Crippen molar-refractivity contribution in [2.45, 2.75) is 64.8 Å². The average Bonchev–Trinajstić information content (AvgIpc) is 3.15. The normalized spacial score (nSPS) is 17.5. The van der Waals surface area contributed by atoms with E-state index < -0.39 is 0 Å². The van der Waals surface area contributed by atoms with Crippen LogP contribution in [-0.2, 0) is 16.0 Å². The lowest BCUT2D eigenvalue weighted by molar-refractivity contribution is -0.0447. The van der Waals surface area contributed by atoms with E-state index in [4.69, 9.17) is 9.47 Å². The number of H-pyrrole nitrogens is 1. The molecule has 0 radical (unpaired) electrons. The zero-order chi connectivity index (χ0) is 20.2. The predicted octanol–water partition coefficient (Wildman–Crippen LogP) is 3.56. The standard InChI is InChI=1S/C22H42N4O2/c1-5-13-27-17-22(18-28-14-6-2)9-7-19(8-10-22)21-20(15-24-25-21)16-26(4)12-11-23-3/h15,19,23H,5-14,16-18H2,1-4H3,(H,24,25). The molecule has 2 N–H and O–H groups in total. The summed E-state index contributed by atoms with van der Waals surface area (Å²) in [6, 6.07) is 0. The molecule has 1 saturated carbocycles. The molecule has 1 aliphatic rings. The Kier molecular flexibility index (Phi) is 10.5. The van der Waals surface area contributed by atoms with Gasteiger partial charge in [0.2, 0.25) is 0 Å². The van der Waals surface area contributed by atoms with Crippen LogP contribution in [0, 0.1) is 5.41 Å². The highest BCUT2D eigenvalue weighted by molar-refractivity contribution is 5.21. The predicted molar refractivity (Wildman–Crippen MR) is 115 cm³/mol. The van der Waals surface area contributed by atoms with Crippen LogP contribution < -0.4 is 5.32 Å². The number of nitrogens with one attached hydrogen (secondary N) is 2. The molecule has 6 nitrogen and oxygen atoms in total. The van der Waals surface area contributed by atoms with Gasteiger partial charge in [-0.05, 0) is 52.6 Å². The summed E-state index contributed by atoms with van der Waals surface area (Å²) in [5.41, 5.74) is 2.80. The zero-order valence-electron chi connectivity index (χ0n) is 18.6. The number of aromatic amines is 1. The average molecular weight is 395 g/mol. The second kappa shape index (κ2) is 12.6. The van der Waals surface area contributed by atoms with Gasteiger partial charge in [0, 0.05) is 55.9 Å². The van der Waals surface area contributed by atoms with Crippen LogP contribution in [0.3, 0.4) is 0 Å². The number of ether oxygens (including phenoxy) is 2. The lowest BCUT2D eigenvalue weighted by atomic mass is 9.70. The summed E-state index contributed by atoms with van der Waals surface area (Å²) in [5.74, 6) is 0.546. The number of hydrogen-bond acceptors (Lipinski definition) is 5. The SMILES string of the molecule is CCCOCC1(COCCC)CCC(c2n[nH]cc2CN(C)CCNC)CC1. The topological polar surface area (TPSA) is 62.4 Å². The fourth-order valence-electron chi connectivity index (χ4n) is 4.18. The molecule has 0 aliphatic heterocycles. The first-order chi connectivity index (χ1) is 13.6. The second-order valence-corrected chi connectivity index (χ2v) is 8.52. The minimum Gasteiger partial charge on any atom is -0.381 e. The lowest BCUT2D eigenvalue weighted by Crippen LogP contribution is -2.36. The van der Waals surface area contributed by atoms with Gasteiger partial charge in [-0.15, -0.1) is 0 Å². The fourth-order valence-corrected chi connectivity index (χ4v) is 4.18. The summed E-state index contributed by atoms with van der Waals surface area (Å²) in [4.78, 5) is 2.36. The number of aromatic nitrogens is 2. The summed E-state index contributed by atoms with van der Waals surface area (Å²) in [6.07, 6.45) is 8.90. The van der Waals surface area contributed by atoms with Gasteiger partial charge in [0.15, 0.2) is 0 Å². The zero-order valence-corrected chi connectivity index (χ0v) is 18.6. The Bertz CT molecular complexity index is 514. The van der Waals surface area contributed by atoms with Crippen molar-refractivity contribution in [2.24, 2.45) is 5.41 Å². The molecule has 162 valence electrons. The van der Waals surface area contributed by atoms with Crippen molar-refractivity contribution in [2.75, 3.05) is 53.6 Å². The third kappa shape index (κ3) is 7.14. The van der Waals surface area contributed by atoms with Gasteiger partial charge < -0.3 is 19.7 Å². The first-order valence-electron chi connectivity index (χ1n) is 11.1. The van der Waals surface area contributed by atoms with Crippen molar-refractivity contribution in [1.82, 2.24) is 20.4 Å². The summed E-state index contributed by atoms with van der Waals surface area (Å²) < 4.78 is 12.0. The number of nitrogens with zero attached hydrogens (tertiary/aromatic N) is 2. The van der Waals surface area contributed by atoms with Crippen molar-refractivity contribution < 1.29 is 9.47 Å². The van der Waals surface area contributed by atoms with Gasteiger partial charge in [-0.25, -0.2) is 0 Å². The molecule has 1 aliphatic carbocycles. The Morgan fingerprint density at radius 3 is 2.39 bits per heavy atom. The highest BCUT2D eigenvalue weighted by Crippen LogP contribution is 2.44. The van der Waals surface area contributed by atoms with Crippen LogP contribution >= 0.6 is 0 Å². The van der Waals surface area contributed by atoms with E-state index in [0.29, 0.717) is 5.92 Å². The number of rotatable bonds is 14. The van der Waals surface area contributed by atoms with E-state index in [1.807, 2.05) is 7.05 Å². The van der Waals surface area contributed by atoms with E-state index in [2.05, 4.69) is 47.5 Å². The molecule has 0 atom stereocenters. The van der Waals surface area contributed by atoms with Crippen LogP contribution in [-0.4, -0.2) is 68.7 Å². The van der Waals surface area contributed by atoms with E-state index in [0.717, 1.165) is 71.7 Å². The molecular formula is C22H42N4O2. The Morgan fingerprint density at radius 2 is 1.82 bits per heavy atom. The third-order valence-corrected chi connectivity index (χ3v) is 5.88. The first-order valence-corrected chi connectivity index (χ1v) is 11.1. The molecule has 0 aromatic carbocycles. The van der Waals surface area contributed by atoms with E-state index in [1.54, 1.807) is 0 Å². The van der Waals surface area contributed by atoms with Gasteiger partial charge in [-0.2, -0.15) is 5.10 Å². The minimum atomic E-state index is 0.181. The van der Waals surface area contributed by atoms with E-state index >= 15 is 0 Å². The molecule has 28 heavy (non-hydrogen) atoms. The highest BCUT2D eigenvalue weighted by atomic mass is 16.5. The van der Waals surface area contributed by atoms with E-state index in [-0.39, 0.29) is 5.41 Å². The van der Waals surface area contributed by atoms with Crippen LogP contribution in [0.25, 0.3) is 0 Å². The fraction of sp³-hybridized carbons (Fsp3) is 0.864.